The van der Waals surface area contributed by atoms with E-state index in [-0.39, 0.29) is 64.8 Å². The molecule has 4 aromatic carbocycles. The van der Waals surface area contributed by atoms with Gasteiger partial charge in [-0.2, -0.15) is 4.31 Å². The highest BCUT2D eigenvalue weighted by Crippen LogP contribution is 2.57. The fraction of sp³-hybridized carbons (Fsp3) is 0.346. The van der Waals surface area contributed by atoms with E-state index >= 15 is 0 Å². The predicted octanol–water partition coefficient (Wildman–Crippen LogP) is 8.91. The number of aliphatic hydroxyl groups is 1. The molecule has 18 nitrogen and oxygen atoms in total. The Bertz CT molecular complexity index is 2830. The number of nitrogens with two attached hydrogens (primary N) is 2. The van der Waals surface area contributed by atoms with Crippen LogP contribution in [0.3, 0.4) is 0 Å². The van der Waals surface area contributed by atoms with Gasteiger partial charge in [-0.3, -0.25) is 0 Å². The van der Waals surface area contributed by atoms with Gasteiger partial charge in [0.1, 0.15) is 79.2 Å². The van der Waals surface area contributed by atoms with Gasteiger partial charge < -0.3 is 54.5 Å². The molecule has 75 heavy (non-hydrogen) atoms. The fourth-order valence-corrected chi connectivity index (χ4v) is 8.89. The van der Waals surface area contributed by atoms with Crippen molar-refractivity contribution in [2.45, 2.75) is 50.0 Å². The van der Waals surface area contributed by atoms with Crippen LogP contribution in [0.25, 0.3) is 22.3 Å². The number of aromatic nitrogens is 4. The van der Waals surface area contributed by atoms with E-state index in [1.54, 1.807) is 50.8 Å². The van der Waals surface area contributed by atoms with Gasteiger partial charge in [-0.1, -0.05) is 12.1 Å². The molecule has 10 rings (SSSR count). The second-order valence-corrected chi connectivity index (χ2v) is 20.1. The Morgan fingerprint density at radius 3 is 1.33 bits per heavy atom. The van der Waals surface area contributed by atoms with Crippen LogP contribution < -0.4 is 30.4 Å². The Labute approximate surface area is 433 Å². The molecule has 2 aromatic heterocycles. The number of methoxy groups -OCH3 is 2. The summed E-state index contributed by atoms with van der Waals surface area (Å²) in [5, 5.41) is 10.0. The molecule has 23 heteroatoms. The minimum Gasteiger partial charge on any atom is -0.491 e. The maximum absolute atomic E-state index is 13.9. The highest BCUT2D eigenvalue weighted by molar-refractivity contribution is 8.18. The number of hydrogen-bond donors (Lipinski definition) is 3. The van der Waals surface area contributed by atoms with E-state index in [2.05, 4.69) is 34.4 Å². The molecule has 0 saturated heterocycles. The SMILES string of the molecule is CC(C)(F)COc1ccc2c(c1)[C@]1(COC(N)=N1)c1cc(-c3cncnc3)ccc1O2.CC(C)(O)COc1ccc2c(c1)[C@]1(COC(N)=N1)c1cc(-c3cncnc3)ccc1O2.COCCN(CCOC)S(F)(F)F. The van der Waals surface area contributed by atoms with Gasteiger partial charge in [0.15, 0.2) is 11.1 Å². The van der Waals surface area contributed by atoms with Crippen molar-refractivity contribution in [1.82, 2.24) is 24.2 Å². The summed E-state index contributed by atoms with van der Waals surface area (Å²) < 4.78 is 95.4. The number of hydrogen-bond acceptors (Lipinski definition) is 18. The van der Waals surface area contributed by atoms with Gasteiger partial charge in [0.25, 0.3) is 23.4 Å². The first-order valence-electron chi connectivity index (χ1n) is 23.4. The normalized spacial score (nSPS) is 18.2. The van der Waals surface area contributed by atoms with Crippen molar-refractivity contribution < 1.29 is 59.0 Å². The van der Waals surface area contributed by atoms with Crippen LogP contribution in [0.5, 0.6) is 34.5 Å². The zero-order valence-corrected chi connectivity index (χ0v) is 42.8. The molecule has 0 fully saturated rings. The zero-order valence-electron chi connectivity index (χ0n) is 42.0. The zero-order chi connectivity index (χ0) is 53.6. The van der Waals surface area contributed by atoms with Gasteiger partial charge in [0, 0.05) is 85.5 Å². The molecule has 4 aliphatic heterocycles. The minimum atomic E-state index is -5.14. The number of fused-ring (bicyclic) bond motifs is 8. The maximum Gasteiger partial charge on any atom is 0.283 e. The molecule has 398 valence electrons. The Balaban J connectivity index is 0.000000163. The summed E-state index contributed by atoms with van der Waals surface area (Å²) in [5.74, 6) is 3.73. The summed E-state index contributed by atoms with van der Waals surface area (Å²) >= 11 is -5.14. The lowest BCUT2D eigenvalue weighted by atomic mass is 9.80. The number of rotatable bonds is 15. The third-order valence-electron chi connectivity index (χ3n) is 11.9. The van der Waals surface area contributed by atoms with Gasteiger partial charge in [-0.05, 0) is 99.5 Å². The minimum absolute atomic E-state index is 0.0731. The Hall–Kier alpha value is -7.31. The number of benzene rings is 4. The number of halogens is 4. The quantitative estimate of drug-likeness (QED) is 0.0816. The molecular weight excluding hydrogens is 1000 g/mol. The first kappa shape index (κ1) is 54.0. The summed E-state index contributed by atoms with van der Waals surface area (Å²) in [6.45, 7) is 6.76. The van der Waals surface area contributed by atoms with E-state index in [4.69, 9.17) is 44.9 Å². The lowest BCUT2D eigenvalue weighted by Gasteiger charge is -2.34. The van der Waals surface area contributed by atoms with E-state index in [0.29, 0.717) is 38.8 Å². The molecule has 0 unspecified atom stereocenters. The molecule has 2 spiro atoms. The molecule has 4 aliphatic rings. The van der Waals surface area contributed by atoms with Crippen LogP contribution in [0, 0.1) is 0 Å². The monoisotopic (exact) mass is 1060 g/mol. The van der Waals surface area contributed by atoms with Gasteiger partial charge in [0.2, 0.25) is 0 Å². The fourth-order valence-electron chi connectivity index (χ4n) is 8.32. The number of nitrogens with zero attached hydrogens (tertiary/aromatic N) is 7. The smallest absolute Gasteiger partial charge is 0.283 e. The first-order valence-corrected chi connectivity index (χ1v) is 24.7. The summed E-state index contributed by atoms with van der Waals surface area (Å²) in [5.41, 5.74) is 14.5. The molecule has 0 aliphatic carbocycles. The molecule has 6 heterocycles. The van der Waals surface area contributed by atoms with E-state index in [9.17, 15) is 21.2 Å². The largest absolute Gasteiger partial charge is 0.491 e. The standard InChI is InChI=1S/C23H21FN4O3.C23H22N4O4.C6H14F3NO2S/c1-22(2,24)11-29-16-4-6-20-18(8-16)23(12-30-21(25)28-23)17-7-14(3-5-19(17)31-20)15-9-26-13-27-10-15;1-22(2,28)11-29-16-4-6-20-18(8-16)23(12-30-21(24)27-23)17-7-14(3-5-19(17)31-20)15-9-25-13-26-10-15;1-11-5-3-10(4-6-12-2)13(7,8)9/h3-10,13H,11-12H2,1-2H3,(H2,25,28);3-10,13,28H,11-12H2,1-2H3,(H2,24,27);3-6H2,1-2H3/t2*23-;/m00./s1. The highest BCUT2D eigenvalue weighted by Gasteiger charge is 2.49. The van der Waals surface area contributed by atoms with Gasteiger partial charge >= 0.3 is 0 Å². The average Bonchev–Trinajstić information content (AvgIpc) is 3.98. The number of aliphatic imine (C=N–C) groups is 2. The molecule has 0 amide bonds. The Morgan fingerprint density at radius 1 is 0.600 bits per heavy atom. The van der Waals surface area contributed by atoms with Crippen LogP contribution >= 0.6 is 11.4 Å². The van der Waals surface area contributed by atoms with Crippen molar-refractivity contribution in [3.05, 3.63) is 132 Å². The molecule has 5 N–H and O–H groups in total. The summed E-state index contributed by atoms with van der Waals surface area (Å²) in [6, 6.07) is 22.8. The maximum atomic E-state index is 13.9. The van der Waals surface area contributed by atoms with Crippen molar-refractivity contribution in [1.29, 1.82) is 0 Å². The first-order chi connectivity index (χ1) is 35.7. The van der Waals surface area contributed by atoms with Crippen molar-refractivity contribution in [2.24, 2.45) is 21.5 Å². The molecule has 6 aromatic rings. The van der Waals surface area contributed by atoms with Crippen LogP contribution in [-0.2, 0) is 30.0 Å². The van der Waals surface area contributed by atoms with Gasteiger partial charge in [-0.25, -0.2) is 34.3 Å². The molecule has 0 bridgehead atoms. The lowest BCUT2D eigenvalue weighted by molar-refractivity contribution is 0.0284. The summed E-state index contributed by atoms with van der Waals surface area (Å²) in [4.78, 5) is 25.8. The van der Waals surface area contributed by atoms with E-state index in [1.807, 2.05) is 60.7 Å². The van der Waals surface area contributed by atoms with Crippen molar-refractivity contribution in [3.63, 3.8) is 0 Å². The van der Waals surface area contributed by atoms with Crippen LogP contribution in [0.15, 0.2) is 120 Å². The molecule has 0 saturated carbocycles. The van der Waals surface area contributed by atoms with Gasteiger partial charge in [-0.15, -0.1) is 11.7 Å². The second-order valence-electron chi connectivity index (χ2n) is 18.8. The number of amidine groups is 2. The molecule has 0 radical (unpaired) electrons. The third kappa shape index (κ3) is 12.6. The number of ether oxygens (including phenoxy) is 8. The van der Waals surface area contributed by atoms with Crippen molar-refractivity contribution >= 4 is 23.4 Å². The van der Waals surface area contributed by atoms with E-state index in [0.717, 1.165) is 44.5 Å². The molecular formula is C52H57F4N9O9S. The Kier molecular flexibility index (Phi) is 16.0. The summed E-state index contributed by atoms with van der Waals surface area (Å²) in [7, 11) is 2.75. The van der Waals surface area contributed by atoms with Crippen LogP contribution in [0.4, 0.5) is 16.0 Å². The predicted molar refractivity (Wildman–Crippen MR) is 273 cm³/mol. The lowest BCUT2D eigenvalue weighted by Crippen LogP contribution is -2.31. The Morgan fingerprint density at radius 2 is 0.987 bits per heavy atom. The van der Waals surface area contributed by atoms with E-state index in [1.165, 1.54) is 40.7 Å². The van der Waals surface area contributed by atoms with Crippen molar-refractivity contribution in [2.75, 3.05) is 67.0 Å². The van der Waals surface area contributed by atoms with Crippen molar-refractivity contribution in [3.8, 4) is 56.8 Å². The molecule has 2 atom stereocenters. The third-order valence-corrected chi connectivity index (χ3v) is 12.8. The van der Waals surface area contributed by atoms with E-state index < -0.39 is 33.7 Å². The van der Waals surface area contributed by atoms with Gasteiger partial charge in [0.05, 0.1) is 18.8 Å². The topological polar surface area (TPSA) is 226 Å². The second kappa shape index (κ2) is 22.3. The summed E-state index contributed by atoms with van der Waals surface area (Å²) in [6.07, 6.45) is 9.97. The van der Waals surface area contributed by atoms with Crippen LogP contribution in [-0.4, -0.2) is 120 Å². The average molecular weight is 1060 g/mol. The number of alkyl halides is 1. The van der Waals surface area contributed by atoms with Crippen LogP contribution in [0.2, 0.25) is 0 Å². The van der Waals surface area contributed by atoms with Crippen LogP contribution in [0.1, 0.15) is 49.9 Å². The highest BCUT2D eigenvalue weighted by atomic mass is 32.3.